The molecule has 4 heteroatoms. The third kappa shape index (κ3) is 2.65. The molecule has 0 saturated heterocycles. The summed E-state index contributed by atoms with van der Waals surface area (Å²) in [5.41, 5.74) is 2.50. The molecule has 1 aliphatic carbocycles. The fourth-order valence-corrected chi connectivity index (χ4v) is 3.67. The molecule has 0 amide bonds. The standard InChI is InChI=1S/C17H20ClN3/c1-12-4-2-6-14(9-8-12)21-15-7-3-5-13(11-19)17(15)20-16(21)10-18/h3,5,7,12,14H,2,4,6,8-10H2,1H3. The molecule has 0 aliphatic heterocycles. The summed E-state index contributed by atoms with van der Waals surface area (Å²) in [6, 6.07) is 8.53. The lowest BCUT2D eigenvalue weighted by atomic mass is 10.0. The smallest absolute Gasteiger partial charge is 0.125 e. The first-order valence-corrected chi connectivity index (χ1v) is 8.24. The number of benzene rings is 1. The van der Waals surface area contributed by atoms with E-state index in [1.54, 1.807) is 0 Å². The van der Waals surface area contributed by atoms with Crippen LogP contribution in [0.5, 0.6) is 0 Å². The lowest BCUT2D eigenvalue weighted by Crippen LogP contribution is -2.11. The van der Waals surface area contributed by atoms with E-state index in [0.29, 0.717) is 17.5 Å². The van der Waals surface area contributed by atoms with E-state index in [1.165, 1.54) is 32.1 Å². The molecule has 1 saturated carbocycles. The van der Waals surface area contributed by atoms with Gasteiger partial charge in [0.25, 0.3) is 0 Å². The Hall–Kier alpha value is -1.53. The molecule has 0 radical (unpaired) electrons. The van der Waals surface area contributed by atoms with Gasteiger partial charge in [-0.15, -0.1) is 11.6 Å². The van der Waals surface area contributed by atoms with E-state index in [2.05, 4.69) is 28.6 Å². The Bertz CT molecular complexity index is 683. The molecule has 1 aromatic carbocycles. The second-order valence-corrected chi connectivity index (χ2v) is 6.35. The van der Waals surface area contributed by atoms with Crippen molar-refractivity contribution in [2.45, 2.75) is 50.9 Å². The van der Waals surface area contributed by atoms with Gasteiger partial charge < -0.3 is 4.57 Å². The summed E-state index contributed by atoms with van der Waals surface area (Å²) >= 11 is 6.12. The lowest BCUT2D eigenvalue weighted by Gasteiger charge is -2.19. The zero-order valence-corrected chi connectivity index (χ0v) is 13.1. The maximum absolute atomic E-state index is 9.27. The number of rotatable bonds is 2. The Morgan fingerprint density at radius 1 is 1.33 bits per heavy atom. The minimum atomic E-state index is 0.394. The molecule has 3 nitrogen and oxygen atoms in total. The van der Waals surface area contributed by atoms with Gasteiger partial charge in [0.15, 0.2) is 0 Å². The SMILES string of the molecule is CC1CCCC(n2c(CCl)nc3c(C#N)cccc32)CC1. The zero-order valence-electron chi connectivity index (χ0n) is 12.3. The Morgan fingerprint density at radius 2 is 2.19 bits per heavy atom. The number of hydrogen-bond donors (Lipinski definition) is 0. The van der Waals surface area contributed by atoms with Crippen LogP contribution >= 0.6 is 11.6 Å². The van der Waals surface area contributed by atoms with E-state index in [1.807, 2.05) is 12.1 Å². The average molecular weight is 302 g/mol. The second kappa shape index (κ2) is 6.07. The van der Waals surface area contributed by atoms with Crippen LogP contribution in [0.25, 0.3) is 11.0 Å². The number of imidazole rings is 1. The highest BCUT2D eigenvalue weighted by Gasteiger charge is 2.22. The van der Waals surface area contributed by atoms with Crippen molar-refractivity contribution in [1.29, 1.82) is 5.26 Å². The molecular formula is C17H20ClN3. The molecule has 1 fully saturated rings. The first-order valence-electron chi connectivity index (χ1n) is 7.70. The molecular weight excluding hydrogens is 282 g/mol. The van der Waals surface area contributed by atoms with Gasteiger partial charge in [-0.25, -0.2) is 4.98 Å². The normalized spacial score (nSPS) is 22.9. The highest BCUT2D eigenvalue weighted by Crippen LogP contribution is 2.34. The van der Waals surface area contributed by atoms with Crippen LogP contribution in [0.1, 0.15) is 56.5 Å². The first-order chi connectivity index (χ1) is 10.2. The van der Waals surface area contributed by atoms with Crippen molar-refractivity contribution in [3.63, 3.8) is 0 Å². The second-order valence-electron chi connectivity index (χ2n) is 6.08. The van der Waals surface area contributed by atoms with E-state index >= 15 is 0 Å². The maximum Gasteiger partial charge on any atom is 0.125 e. The summed E-state index contributed by atoms with van der Waals surface area (Å²) in [5, 5.41) is 9.27. The molecule has 0 spiro atoms. The third-order valence-corrected chi connectivity index (χ3v) is 4.86. The minimum absolute atomic E-state index is 0.394. The molecule has 0 bridgehead atoms. The van der Waals surface area contributed by atoms with Gasteiger partial charge in [0.1, 0.15) is 17.4 Å². The highest BCUT2D eigenvalue weighted by molar-refractivity contribution is 6.16. The van der Waals surface area contributed by atoms with Crippen LogP contribution in [0.3, 0.4) is 0 Å². The number of fused-ring (bicyclic) bond motifs is 1. The van der Waals surface area contributed by atoms with Crippen molar-refractivity contribution in [3.8, 4) is 6.07 Å². The molecule has 2 atom stereocenters. The molecule has 2 unspecified atom stereocenters. The first kappa shape index (κ1) is 14.4. The fourth-order valence-electron chi connectivity index (χ4n) is 3.48. The summed E-state index contributed by atoms with van der Waals surface area (Å²) < 4.78 is 2.29. The van der Waals surface area contributed by atoms with Crippen LogP contribution < -0.4 is 0 Å². The van der Waals surface area contributed by atoms with E-state index in [0.717, 1.165) is 22.8 Å². The van der Waals surface area contributed by atoms with Gasteiger partial charge in [-0.2, -0.15) is 5.26 Å². The number of aromatic nitrogens is 2. The highest BCUT2D eigenvalue weighted by atomic mass is 35.5. The topological polar surface area (TPSA) is 41.6 Å². The Labute approximate surface area is 130 Å². The van der Waals surface area contributed by atoms with E-state index in [4.69, 9.17) is 11.6 Å². The third-order valence-electron chi connectivity index (χ3n) is 4.63. The van der Waals surface area contributed by atoms with E-state index in [-0.39, 0.29) is 0 Å². The molecule has 3 rings (SSSR count). The minimum Gasteiger partial charge on any atom is -0.324 e. The van der Waals surface area contributed by atoms with Crippen LogP contribution in [-0.4, -0.2) is 9.55 Å². The predicted molar refractivity (Wildman–Crippen MR) is 85.3 cm³/mol. The van der Waals surface area contributed by atoms with Crippen LogP contribution in [0, 0.1) is 17.2 Å². The van der Waals surface area contributed by atoms with Crippen molar-refractivity contribution in [3.05, 3.63) is 29.6 Å². The van der Waals surface area contributed by atoms with Crippen molar-refractivity contribution in [1.82, 2.24) is 9.55 Å². The molecule has 21 heavy (non-hydrogen) atoms. The Balaban J connectivity index is 2.10. The Morgan fingerprint density at radius 3 is 2.95 bits per heavy atom. The maximum atomic E-state index is 9.27. The monoisotopic (exact) mass is 301 g/mol. The van der Waals surface area contributed by atoms with Gasteiger partial charge >= 0.3 is 0 Å². The number of para-hydroxylation sites is 1. The number of nitriles is 1. The predicted octanol–water partition coefficient (Wildman–Crippen LogP) is 4.79. The van der Waals surface area contributed by atoms with Crippen LogP contribution in [-0.2, 0) is 5.88 Å². The lowest BCUT2D eigenvalue weighted by molar-refractivity contribution is 0.433. The van der Waals surface area contributed by atoms with Crippen LogP contribution in [0.4, 0.5) is 0 Å². The summed E-state index contributed by atoms with van der Waals surface area (Å²) in [4.78, 5) is 4.64. The van der Waals surface area contributed by atoms with Crippen molar-refractivity contribution in [2.75, 3.05) is 0 Å². The van der Waals surface area contributed by atoms with Crippen molar-refractivity contribution >= 4 is 22.6 Å². The Kier molecular flexibility index (Phi) is 4.17. The van der Waals surface area contributed by atoms with Crippen molar-refractivity contribution in [2.24, 2.45) is 5.92 Å². The molecule has 0 N–H and O–H groups in total. The summed E-state index contributed by atoms with van der Waals surface area (Å²) in [7, 11) is 0. The molecule has 2 aromatic rings. The van der Waals surface area contributed by atoms with Gasteiger partial charge in [-0.05, 0) is 37.3 Å². The van der Waals surface area contributed by atoms with Gasteiger partial charge in [0.05, 0.1) is 17.0 Å². The largest absolute Gasteiger partial charge is 0.324 e. The molecule has 110 valence electrons. The molecule has 1 heterocycles. The van der Waals surface area contributed by atoms with Crippen LogP contribution in [0.2, 0.25) is 0 Å². The molecule has 1 aromatic heterocycles. The van der Waals surface area contributed by atoms with E-state index in [9.17, 15) is 5.26 Å². The molecule has 1 aliphatic rings. The van der Waals surface area contributed by atoms with Gasteiger partial charge in [-0.3, -0.25) is 0 Å². The number of hydrogen-bond acceptors (Lipinski definition) is 2. The van der Waals surface area contributed by atoms with Gasteiger partial charge in [0, 0.05) is 6.04 Å². The van der Waals surface area contributed by atoms with Crippen molar-refractivity contribution < 1.29 is 0 Å². The fraction of sp³-hybridized carbons (Fsp3) is 0.529. The van der Waals surface area contributed by atoms with Gasteiger partial charge in [0.2, 0.25) is 0 Å². The quantitative estimate of drug-likeness (QED) is 0.591. The summed E-state index contributed by atoms with van der Waals surface area (Å²) in [6.07, 6.45) is 6.17. The number of halogens is 1. The van der Waals surface area contributed by atoms with E-state index < -0.39 is 0 Å². The average Bonchev–Trinajstić information content (AvgIpc) is 2.76. The number of alkyl halides is 1. The summed E-state index contributed by atoms with van der Waals surface area (Å²) in [6.45, 7) is 2.34. The number of nitrogens with zero attached hydrogens (tertiary/aromatic N) is 3. The van der Waals surface area contributed by atoms with Gasteiger partial charge in [-0.1, -0.05) is 25.8 Å². The zero-order chi connectivity index (χ0) is 14.8. The summed E-state index contributed by atoms with van der Waals surface area (Å²) in [5.74, 6) is 2.10. The van der Waals surface area contributed by atoms with Crippen LogP contribution in [0.15, 0.2) is 18.2 Å².